The van der Waals surface area contributed by atoms with Crippen LogP contribution in [0.25, 0.3) is 0 Å². The topological polar surface area (TPSA) is 38.8 Å². The minimum atomic E-state index is -0.350. The Bertz CT molecular complexity index is 174. The predicted octanol–water partition coefficient (Wildman–Crippen LogP) is 1.46. The van der Waals surface area contributed by atoms with E-state index in [-0.39, 0.29) is 24.8 Å². The molecular formula is C10H21NO3. The van der Waals surface area contributed by atoms with Crippen LogP contribution in [0.3, 0.4) is 0 Å². The molecule has 0 N–H and O–H groups in total. The molecule has 0 saturated carbocycles. The third kappa shape index (κ3) is 3.64. The first-order valence-corrected chi connectivity index (χ1v) is 4.76. The van der Waals surface area contributed by atoms with Crippen LogP contribution in [0, 0.1) is 5.41 Å². The van der Waals surface area contributed by atoms with Gasteiger partial charge in [-0.2, -0.15) is 0 Å². The zero-order valence-corrected chi connectivity index (χ0v) is 9.79. The fourth-order valence-corrected chi connectivity index (χ4v) is 1.05. The molecule has 4 heteroatoms. The monoisotopic (exact) mass is 203 g/mol. The van der Waals surface area contributed by atoms with Crippen molar-refractivity contribution >= 4 is 5.91 Å². The molecule has 0 spiro atoms. The molecule has 1 amide bonds. The van der Waals surface area contributed by atoms with Crippen LogP contribution in [0.1, 0.15) is 27.2 Å². The average molecular weight is 203 g/mol. The third-order valence-corrected chi connectivity index (χ3v) is 2.32. The minimum absolute atomic E-state index is 0.0590. The summed E-state index contributed by atoms with van der Waals surface area (Å²) in [4.78, 5) is 13.5. The number of amides is 1. The fourth-order valence-electron chi connectivity index (χ4n) is 1.05. The van der Waals surface area contributed by atoms with Gasteiger partial charge in [-0.3, -0.25) is 9.69 Å². The normalized spacial score (nSPS) is 11.5. The molecule has 0 aromatic rings. The number of nitrogens with zero attached hydrogens (tertiary/aromatic N) is 1. The molecule has 0 unspecified atom stereocenters. The molecule has 0 aliphatic heterocycles. The van der Waals surface area contributed by atoms with E-state index in [9.17, 15) is 4.79 Å². The van der Waals surface area contributed by atoms with E-state index in [0.29, 0.717) is 0 Å². The summed E-state index contributed by atoms with van der Waals surface area (Å²) in [5.74, 6) is 0.0590. The Morgan fingerprint density at radius 3 is 1.93 bits per heavy atom. The van der Waals surface area contributed by atoms with Crippen LogP contribution >= 0.6 is 0 Å². The Balaban J connectivity index is 4.41. The lowest BCUT2D eigenvalue weighted by molar-refractivity contribution is -0.151. The molecule has 0 aliphatic carbocycles. The maximum absolute atomic E-state index is 11.9. The van der Waals surface area contributed by atoms with E-state index in [1.54, 1.807) is 19.1 Å². The molecule has 0 radical (unpaired) electrons. The maximum Gasteiger partial charge on any atom is 0.231 e. The SMILES string of the molecule is CCC(C)(C)C(=O)N(COC)COC. The molecular weight excluding hydrogens is 182 g/mol. The number of carbonyl (C=O) groups is 1. The highest BCUT2D eigenvalue weighted by Gasteiger charge is 2.29. The van der Waals surface area contributed by atoms with Crippen LogP contribution in [-0.2, 0) is 14.3 Å². The van der Waals surface area contributed by atoms with Gasteiger partial charge in [0.25, 0.3) is 0 Å². The third-order valence-electron chi connectivity index (χ3n) is 2.32. The number of hydrogen-bond acceptors (Lipinski definition) is 3. The molecule has 0 rings (SSSR count). The Labute approximate surface area is 86.2 Å². The quantitative estimate of drug-likeness (QED) is 0.613. The molecule has 0 fully saturated rings. The van der Waals surface area contributed by atoms with Gasteiger partial charge in [-0.25, -0.2) is 0 Å². The number of carbonyl (C=O) groups excluding carboxylic acids is 1. The summed E-state index contributed by atoms with van der Waals surface area (Å²) in [6.45, 7) is 6.39. The van der Waals surface area contributed by atoms with Gasteiger partial charge in [0, 0.05) is 19.6 Å². The summed E-state index contributed by atoms with van der Waals surface area (Å²) in [7, 11) is 3.13. The van der Waals surface area contributed by atoms with Crippen molar-refractivity contribution in [3.8, 4) is 0 Å². The van der Waals surface area contributed by atoms with Crippen molar-refractivity contribution in [3.05, 3.63) is 0 Å². The van der Waals surface area contributed by atoms with Crippen LogP contribution in [0.2, 0.25) is 0 Å². The fraction of sp³-hybridized carbons (Fsp3) is 0.900. The van der Waals surface area contributed by atoms with E-state index >= 15 is 0 Å². The van der Waals surface area contributed by atoms with E-state index in [1.807, 2.05) is 20.8 Å². The van der Waals surface area contributed by atoms with E-state index in [1.165, 1.54) is 0 Å². The summed E-state index contributed by atoms with van der Waals surface area (Å²) >= 11 is 0. The molecule has 0 bridgehead atoms. The van der Waals surface area contributed by atoms with Crippen molar-refractivity contribution in [2.75, 3.05) is 27.7 Å². The Morgan fingerprint density at radius 2 is 1.64 bits per heavy atom. The zero-order chi connectivity index (χ0) is 11.2. The Hall–Kier alpha value is -0.610. The van der Waals surface area contributed by atoms with Crippen LogP contribution in [0.15, 0.2) is 0 Å². The van der Waals surface area contributed by atoms with Gasteiger partial charge in [-0.1, -0.05) is 20.8 Å². The highest BCUT2D eigenvalue weighted by atomic mass is 16.5. The lowest BCUT2D eigenvalue weighted by Crippen LogP contribution is -2.42. The lowest BCUT2D eigenvalue weighted by Gasteiger charge is -2.29. The van der Waals surface area contributed by atoms with Crippen LogP contribution < -0.4 is 0 Å². The van der Waals surface area contributed by atoms with Gasteiger partial charge < -0.3 is 9.47 Å². The van der Waals surface area contributed by atoms with Crippen molar-refractivity contribution in [2.24, 2.45) is 5.41 Å². The van der Waals surface area contributed by atoms with Gasteiger partial charge in [-0.05, 0) is 6.42 Å². The van der Waals surface area contributed by atoms with Crippen LogP contribution in [0.5, 0.6) is 0 Å². The summed E-state index contributed by atoms with van der Waals surface area (Å²) in [5.41, 5.74) is -0.350. The standard InChI is InChI=1S/C10H21NO3/c1-6-10(2,3)9(12)11(7-13-4)8-14-5/h6-8H2,1-5H3. The second-order valence-electron chi connectivity index (χ2n) is 3.92. The van der Waals surface area contributed by atoms with E-state index in [0.717, 1.165) is 6.42 Å². The van der Waals surface area contributed by atoms with Crippen molar-refractivity contribution < 1.29 is 14.3 Å². The van der Waals surface area contributed by atoms with E-state index < -0.39 is 0 Å². The van der Waals surface area contributed by atoms with Crippen molar-refractivity contribution in [2.45, 2.75) is 27.2 Å². The maximum atomic E-state index is 11.9. The Kier molecular flexibility index (Phi) is 5.72. The van der Waals surface area contributed by atoms with Gasteiger partial charge in [0.05, 0.1) is 0 Å². The summed E-state index contributed by atoms with van der Waals surface area (Å²) < 4.78 is 9.88. The molecule has 14 heavy (non-hydrogen) atoms. The molecule has 0 heterocycles. The summed E-state index contributed by atoms with van der Waals surface area (Å²) in [6, 6.07) is 0. The molecule has 0 aromatic carbocycles. The van der Waals surface area contributed by atoms with Crippen molar-refractivity contribution in [3.63, 3.8) is 0 Å². The molecule has 0 aromatic heterocycles. The second-order valence-corrected chi connectivity index (χ2v) is 3.92. The molecule has 84 valence electrons. The predicted molar refractivity (Wildman–Crippen MR) is 54.7 cm³/mol. The van der Waals surface area contributed by atoms with Gasteiger partial charge in [0.2, 0.25) is 5.91 Å². The Morgan fingerprint density at radius 1 is 1.21 bits per heavy atom. The van der Waals surface area contributed by atoms with Gasteiger partial charge in [-0.15, -0.1) is 0 Å². The number of ether oxygens (including phenoxy) is 2. The number of methoxy groups -OCH3 is 2. The highest BCUT2D eigenvalue weighted by molar-refractivity contribution is 5.81. The molecule has 0 atom stereocenters. The largest absolute Gasteiger partial charge is 0.364 e. The summed E-state index contributed by atoms with van der Waals surface area (Å²) in [5, 5.41) is 0. The van der Waals surface area contributed by atoms with Crippen molar-refractivity contribution in [1.29, 1.82) is 0 Å². The molecule has 0 aliphatic rings. The van der Waals surface area contributed by atoms with Crippen molar-refractivity contribution in [1.82, 2.24) is 4.90 Å². The number of hydrogen-bond donors (Lipinski definition) is 0. The van der Waals surface area contributed by atoms with Gasteiger partial charge >= 0.3 is 0 Å². The molecule has 0 saturated heterocycles. The van der Waals surface area contributed by atoms with Crippen LogP contribution in [-0.4, -0.2) is 38.5 Å². The summed E-state index contributed by atoms with van der Waals surface area (Å²) in [6.07, 6.45) is 0.801. The first-order chi connectivity index (χ1) is 6.49. The lowest BCUT2D eigenvalue weighted by atomic mass is 9.89. The first kappa shape index (κ1) is 13.4. The highest BCUT2D eigenvalue weighted by Crippen LogP contribution is 2.22. The zero-order valence-electron chi connectivity index (χ0n) is 9.79. The second kappa shape index (κ2) is 5.98. The average Bonchev–Trinajstić information content (AvgIpc) is 2.16. The minimum Gasteiger partial charge on any atom is -0.364 e. The van der Waals surface area contributed by atoms with E-state index in [4.69, 9.17) is 9.47 Å². The first-order valence-electron chi connectivity index (χ1n) is 4.76. The number of rotatable bonds is 6. The van der Waals surface area contributed by atoms with Crippen LogP contribution in [0.4, 0.5) is 0 Å². The molecule has 4 nitrogen and oxygen atoms in total. The smallest absolute Gasteiger partial charge is 0.231 e. The van der Waals surface area contributed by atoms with E-state index in [2.05, 4.69) is 0 Å². The van der Waals surface area contributed by atoms with Gasteiger partial charge in [0.1, 0.15) is 13.5 Å². The van der Waals surface area contributed by atoms with Gasteiger partial charge in [0.15, 0.2) is 0 Å².